The van der Waals surface area contributed by atoms with Crippen molar-refractivity contribution in [3.8, 4) is 0 Å². The number of hydrogen-bond donors (Lipinski definition) is 1. The fourth-order valence-electron chi connectivity index (χ4n) is 0.939. The monoisotopic (exact) mass is 288 g/mol. The van der Waals surface area contributed by atoms with Crippen molar-refractivity contribution in [2.24, 2.45) is 0 Å². The number of hydrogen-bond acceptors (Lipinski definition) is 3. The van der Waals surface area contributed by atoms with Crippen molar-refractivity contribution in [3.63, 3.8) is 0 Å². The average Bonchev–Trinajstić information content (AvgIpc) is 2.06. The summed E-state index contributed by atoms with van der Waals surface area (Å²) in [4.78, 5) is 10.0. The van der Waals surface area contributed by atoms with Gasteiger partial charge in [0.25, 0.3) is 9.05 Å². The van der Waals surface area contributed by atoms with E-state index >= 15 is 0 Å². The maximum atomic E-state index is 11.1. The summed E-state index contributed by atoms with van der Waals surface area (Å²) in [5.41, 5.74) is -0.514. The van der Waals surface area contributed by atoms with Crippen LogP contribution in [-0.2, 0) is 9.05 Å². The van der Waals surface area contributed by atoms with Crippen LogP contribution in [0.5, 0.6) is 0 Å². The predicted octanol–water partition coefficient (Wildman–Crippen LogP) is 2.62. The number of carboxylic acids is 1. The molecule has 0 spiro atoms. The van der Waals surface area contributed by atoms with Crippen molar-refractivity contribution in [2.75, 3.05) is 0 Å². The fourth-order valence-corrected chi connectivity index (χ4v) is 2.96. The summed E-state index contributed by atoms with van der Waals surface area (Å²) in [6.07, 6.45) is 0. The molecule has 15 heavy (non-hydrogen) atoms. The minimum Gasteiger partial charge on any atom is -0.478 e. The van der Waals surface area contributed by atoms with Crippen LogP contribution in [0.25, 0.3) is 0 Å². The predicted molar refractivity (Wildman–Crippen MR) is 56.5 cm³/mol. The van der Waals surface area contributed by atoms with Crippen LogP contribution in [0, 0.1) is 0 Å². The molecule has 0 radical (unpaired) electrons. The number of benzene rings is 1. The molecule has 4 nitrogen and oxygen atoms in total. The van der Waals surface area contributed by atoms with Crippen LogP contribution < -0.4 is 0 Å². The zero-order valence-electron chi connectivity index (χ0n) is 6.87. The Bertz CT molecular complexity index is 523. The van der Waals surface area contributed by atoms with Gasteiger partial charge in [0.15, 0.2) is 0 Å². The lowest BCUT2D eigenvalue weighted by molar-refractivity contribution is 0.0692. The van der Waals surface area contributed by atoms with Gasteiger partial charge in [-0.05, 0) is 12.1 Å². The van der Waals surface area contributed by atoms with Crippen molar-refractivity contribution in [2.45, 2.75) is 4.90 Å². The van der Waals surface area contributed by atoms with Crippen LogP contribution >= 0.6 is 33.9 Å². The first-order valence-electron chi connectivity index (χ1n) is 3.41. The molecular formula is C7H3Cl3O4S. The van der Waals surface area contributed by atoms with E-state index in [4.69, 9.17) is 39.0 Å². The maximum Gasteiger partial charge on any atom is 0.337 e. The molecular weight excluding hydrogens is 286 g/mol. The fraction of sp³-hybridized carbons (Fsp3) is 0. The molecule has 0 saturated heterocycles. The Kier molecular flexibility index (Phi) is 3.50. The van der Waals surface area contributed by atoms with Gasteiger partial charge in [-0.2, -0.15) is 0 Å². The highest BCUT2D eigenvalue weighted by atomic mass is 35.7. The first kappa shape index (κ1) is 12.6. The highest BCUT2D eigenvalue weighted by Crippen LogP contribution is 2.34. The molecule has 1 rings (SSSR count). The van der Waals surface area contributed by atoms with Crippen molar-refractivity contribution in [1.29, 1.82) is 0 Å². The molecule has 0 fully saturated rings. The summed E-state index contributed by atoms with van der Waals surface area (Å²) in [7, 11) is 0.794. The Labute approximate surface area is 99.8 Å². The van der Waals surface area contributed by atoms with Gasteiger partial charge in [-0.3, -0.25) is 0 Å². The Morgan fingerprint density at radius 2 is 1.80 bits per heavy atom. The van der Waals surface area contributed by atoms with E-state index in [9.17, 15) is 13.2 Å². The van der Waals surface area contributed by atoms with Gasteiger partial charge in [-0.1, -0.05) is 23.2 Å². The summed E-state index contributed by atoms with van der Waals surface area (Å²) in [6.45, 7) is 0. The summed E-state index contributed by atoms with van der Waals surface area (Å²) in [5, 5.41) is 8.24. The molecule has 0 heterocycles. The van der Waals surface area contributed by atoms with Gasteiger partial charge in [0.1, 0.15) is 4.90 Å². The second kappa shape index (κ2) is 4.17. The molecule has 0 aliphatic rings. The Balaban J connectivity index is 3.72. The molecule has 1 aromatic carbocycles. The van der Waals surface area contributed by atoms with Crippen LogP contribution in [0.1, 0.15) is 10.4 Å². The summed E-state index contributed by atoms with van der Waals surface area (Å²) < 4.78 is 22.2. The second-order valence-corrected chi connectivity index (χ2v) is 5.77. The van der Waals surface area contributed by atoms with Crippen molar-refractivity contribution in [3.05, 3.63) is 27.7 Å². The Morgan fingerprint density at radius 1 is 1.27 bits per heavy atom. The molecule has 0 aliphatic carbocycles. The van der Waals surface area contributed by atoms with Crippen molar-refractivity contribution < 1.29 is 18.3 Å². The average molecular weight is 290 g/mol. The van der Waals surface area contributed by atoms with E-state index in [1.165, 1.54) is 6.07 Å². The number of carboxylic acid groups (broad SMARTS) is 1. The molecule has 0 saturated carbocycles. The van der Waals surface area contributed by atoms with Crippen LogP contribution in [-0.4, -0.2) is 19.5 Å². The lowest BCUT2D eigenvalue weighted by Gasteiger charge is -2.05. The molecule has 0 aromatic heterocycles. The zero-order chi connectivity index (χ0) is 11.8. The van der Waals surface area contributed by atoms with Crippen LogP contribution in [0.4, 0.5) is 0 Å². The molecule has 0 bridgehead atoms. The normalized spacial score (nSPS) is 11.4. The van der Waals surface area contributed by atoms with E-state index in [1.54, 1.807) is 0 Å². The minimum atomic E-state index is -4.26. The van der Waals surface area contributed by atoms with Gasteiger partial charge in [0, 0.05) is 10.7 Å². The van der Waals surface area contributed by atoms with E-state index < -0.39 is 30.5 Å². The molecule has 0 amide bonds. The molecule has 8 heteroatoms. The third-order valence-electron chi connectivity index (χ3n) is 1.52. The van der Waals surface area contributed by atoms with Crippen molar-refractivity contribution in [1.82, 2.24) is 0 Å². The van der Waals surface area contributed by atoms with E-state index in [2.05, 4.69) is 0 Å². The number of aromatic carboxylic acids is 1. The van der Waals surface area contributed by atoms with E-state index in [1.807, 2.05) is 0 Å². The van der Waals surface area contributed by atoms with Crippen LogP contribution in [0.15, 0.2) is 17.0 Å². The number of halogens is 3. The van der Waals surface area contributed by atoms with E-state index in [0.29, 0.717) is 0 Å². The molecule has 1 aromatic rings. The highest BCUT2D eigenvalue weighted by Gasteiger charge is 2.25. The molecule has 0 aliphatic heterocycles. The Hall–Kier alpha value is -0.490. The van der Waals surface area contributed by atoms with Gasteiger partial charge in [-0.25, -0.2) is 13.2 Å². The van der Waals surface area contributed by atoms with Gasteiger partial charge in [0.05, 0.1) is 15.6 Å². The maximum absolute atomic E-state index is 11.1. The topological polar surface area (TPSA) is 71.4 Å². The summed E-state index contributed by atoms with van der Waals surface area (Å²) in [6, 6.07) is 2.20. The lowest BCUT2D eigenvalue weighted by atomic mass is 10.2. The first-order valence-corrected chi connectivity index (χ1v) is 6.47. The SMILES string of the molecule is O=C(O)c1ccc(Cl)c(Cl)c1S(=O)(=O)Cl. The quantitative estimate of drug-likeness (QED) is 0.850. The zero-order valence-corrected chi connectivity index (χ0v) is 9.95. The summed E-state index contributed by atoms with van der Waals surface area (Å²) >= 11 is 11.1. The molecule has 0 atom stereocenters. The van der Waals surface area contributed by atoms with Gasteiger partial charge < -0.3 is 5.11 Å². The lowest BCUT2D eigenvalue weighted by Crippen LogP contribution is -2.05. The standard InChI is InChI=1S/C7H3Cl3O4S/c8-4-2-1-3(7(11)12)6(5(4)9)15(10,13)14/h1-2H,(H,11,12). The van der Waals surface area contributed by atoms with Gasteiger partial charge in [0.2, 0.25) is 0 Å². The van der Waals surface area contributed by atoms with Gasteiger partial charge >= 0.3 is 5.97 Å². The third-order valence-corrected chi connectivity index (χ3v) is 3.82. The van der Waals surface area contributed by atoms with E-state index in [0.717, 1.165) is 6.07 Å². The van der Waals surface area contributed by atoms with Gasteiger partial charge in [-0.15, -0.1) is 0 Å². The molecule has 0 unspecified atom stereocenters. The van der Waals surface area contributed by atoms with Crippen LogP contribution in [0.3, 0.4) is 0 Å². The largest absolute Gasteiger partial charge is 0.478 e. The third kappa shape index (κ3) is 2.55. The Morgan fingerprint density at radius 3 is 2.20 bits per heavy atom. The highest BCUT2D eigenvalue weighted by molar-refractivity contribution is 8.13. The number of carbonyl (C=O) groups is 1. The van der Waals surface area contributed by atoms with E-state index in [-0.39, 0.29) is 5.02 Å². The van der Waals surface area contributed by atoms with Crippen LogP contribution in [0.2, 0.25) is 10.0 Å². The molecule has 1 N–H and O–H groups in total. The van der Waals surface area contributed by atoms with Crippen molar-refractivity contribution >= 4 is 48.9 Å². The summed E-state index contributed by atoms with van der Waals surface area (Å²) in [5.74, 6) is -1.45. The first-order chi connectivity index (χ1) is 6.75. The smallest absolute Gasteiger partial charge is 0.337 e. The minimum absolute atomic E-state index is 0.0825. The second-order valence-electron chi connectivity index (χ2n) is 2.48. The molecule has 82 valence electrons. The number of rotatable bonds is 2.